The SMILES string of the molecule is Cc1cc(C)cc(C(O)C2CCOCC2C)c1. The topological polar surface area (TPSA) is 29.5 Å². The summed E-state index contributed by atoms with van der Waals surface area (Å²) in [6.45, 7) is 7.87. The molecular formula is C15H22O2. The van der Waals surface area contributed by atoms with Crippen LogP contribution in [0.2, 0.25) is 0 Å². The minimum atomic E-state index is -0.354. The lowest BCUT2D eigenvalue weighted by atomic mass is 9.82. The molecule has 0 radical (unpaired) electrons. The Morgan fingerprint density at radius 3 is 2.47 bits per heavy atom. The van der Waals surface area contributed by atoms with Crippen molar-refractivity contribution >= 4 is 0 Å². The number of aryl methyl sites for hydroxylation is 2. The lowest BCUT2D eigenvalue weighted by Gasteiger charge is -2.33. The molecule has 2 rings (SSSR count). The summed E-state index contributed by atoms with van der Waals surface area (Å²) in [6, 6.07) is 6.34. The number of hydrogen-bond acceptors (Lipinski definition) is 2. The number of ether oxygens (including phenoxy) is 1. The molecule has 1 aromatic carbocycles. The van der Waals surface area contributed by atoms with Crippen molar-refractivity contribution in [1.29, 1.82) is 0 Å². The molecule has 17 heavy (non-hydrogen) atoms. The van der Waals surface area contributed by atoms with Gasteiger partial charge in [0.05, 0.1) is 6.10 Å². The zero-order valence-electron chi connectivity index (χ0n) is 10.9. The minimum absolute atomic E-state index is 0.324. The van der Waals surface area contributed by atoms with Crippen LogP contribution in [0.3, 0.4) is 0 Å². The Kier molecular flexibility index (Phi) is 3.85. The van der Waals surface area contributed by atoms with Gasteiger partial charge in [0.15, 0.2) is 0 Å². The number of aliphatic hydroxyl groups is 1. The van der Waals surface area contributed by atoms with Gasteiger partial charge in [-0.1, -0.05) is 36.2 Å². The summed E-state index contributed by atoms with van der Waals surface area (Å²) in [5.41, 5.74) is 3.50. The highest BCUT2D eigenvalue weighted by Gasteiger charge is 2.29. The largest absolute Gasteiger partial charge is 0.388 e. The van der Waals surface area contributed by atoms with Crippen LogP contribution in [0, 0.1) is 25.7 Å². The summed E-state index contributed by atoms with van der Waals surface area (Å²) in [4.78, 5) is 0. The van der Waals surface area contributed by atoms with E-state index in [-0.39, 0.29) is 6.10 Å². The van der Waals surface area contributed by atoms with Gasteiger partial charge in [-0.25, -0.2) is 0 Å². The third-order valence-corrected chi connectivity index (χ3v) is 3.70. The van der Waals surface area contributed by atoms with Crippen LogP contribution in [0.4, 0.5) is 0 Å². The Morgan fingerprint density at radius 2 is 1.88 bits per heavy atom. The third-order valence-electron chi connectivity index (χ3n) is 3.70. The summed E-state index contributed by atoms with van der Waals surface area (Å²) < 4.78 is 5.43. The first-order valence-electron chi connectivity index (χ1n) is 6.42. The van der Waals surface area contributed by atoms with E-state index in [0.29, 0.717) is 11.8 Å². The zero-order chi connectivity index (χ0) is 12.4. The zero-order valence-corrected chi connectivity index (χ0v) is 10.9. The fourth-order valence-corrected chi connectivity index (χ4v) is 2.79. The van der Waals surface area contributed by atoms with Crippen LogP contribution in [0.5, 0.6) is 0 Å². The number of rotatable bonds is 2. The van der Waals surface area contributed by atoms with E-state index in [1.807, 2.05) is 0 Å². The van der Waals surface area contributed by atoms with Gasteiger partial charge < -0.3 is 9.84 Å². The molecule has 2 heteroatoms. The number of hydrogen-bond donors (Lipinski definition) is 1. The summed E-state index contributed by atoms with van der Waals surface area (Å²) in [5.74, 6) is 0.754. The molecule has 0 saturated carbocycles. The highest BCUT2D eigenvalue weighted by Crippen LogP contribution is 2.34. The fraction of sp³-hybridized carbons (Fsp3) is 0.600. The normalized spacial score (nSPS) is 26.8. The summed E-state index contributed by atoms with van der Waals surface area (Å²) >= 11 is 0. The molecule has 1 aliphatic rings. The van der Waals surface area contributed by atoms with Crippen LogP contribution in [0.25, 0.3) is 0 Å². The second-order valence-electron chi connectivity index (χ2n) is 5.37. The fourth-order valence-electron chi connectivity index (χ4n) is 2.79. The molecule has 0 spiro atoms. The van der Waals surface area contributed by atoms with Gasteiger partial charge in [-0.2, -0.15) is 0 Å². The maximum Gasteiger partial charge on any atom is 0.0822 e. The second kappa shape index (κ2) is 5.19. The molecule has 1 heterocycles. The van der Waals surface area contributed by atoms with Crippen LogP contribution in [0.15, 0.2) is 18.2 Å². The Morgan fingerprint density at radius 1 is 1.24 bits per heavy atom. The van der Waals surface area contributed by atoms with Crippen LogP contribution in [-0.4, -0.2) is 18.3 Å². The third kappa shape index (κ3) is 2.88. The molecule has 1 fully saturated rings. The Hall–Kier alpha value is -0.860. The predicted molar refractivity (Wildman–Crippen MR) is 69.0 cm³/mol. The van der Waals surface area contributed by atoms with Crippen LogP contribution in [0.1, 0.15) is 36.1 Å². The molecule has 1 aliphatic heterocycles. The van der Waals surface area contributed by atoms with Crippen molar-refractivity contribution in [3.63, 3.8) is 0 Å². The van der Waals surface area contributed by atoms with Crippen LogP contribution < -0.4 is 0 Å². The van der Waals surface area contributed by atoms with Gasteiger partial charge in [0.25, 0.3) is 0 Å². The maximum absolute atomic E-state index is 10.5. The standard InChI is InChI=1S/C15H22O2/c1-10-6-11(2)8-13(7-10)15(16)14-4-5-17-9-12(14)3/h6-8,12,14-16H,4-5,9H2,1-3H3. The quantitative estimate of drug-likeness (QED) is 0.852. The van der Waals surface area contributed by atoms with E-state index in [2.05, 4.69) is 39.0 Å². The molecule has 1 N–H and O–H groups in total. The summed E-state index contributed by atoms with van der Waals surface area (Å²) in [6.07, 6.45) is 0.600. The van der Waals surface area contributed by atoms with Crippen molar-refractivity contribution in [1.82, 2.24) is 0 Å². The van der Waals surface area contributed by atoms with Crippen molar-refractivity contribution in [2.45, 2.75) is 33.3 Å². The van der Waals surface area contributed by atoms with E-state index < -0.39 is 0 Å². The summed E-state index contributed by atoms with van der Waals surface area (Å²) in [5, 5.41) is 10.5. The first-order chi connectivity index (χ1) is 8.08. The molecule has 3 atom stereocenters. The van der Waals surface area contributed by atoms with E-state index in [4.69, 9.17) is 4.74 Å². The summed E-state index contributed by atoms with van der Waals surface area (Å²) in [7, 11) is 0. The maximum atomic E-state index is 10.5. The highest BCUT2D eigenvalue weighted by atomic mass is 16.5. The Labute approximate surface area is 104 Å². The lowest BCUT2D eigenvalue weighted by Crippen LogP contribution is -2.30. The molecule has 2 nitrogen and oxygen atoms in total. The van der Waals surface area contributed by atoms with Crippen molar-refractivity contribution in [3.05, 3.63) is 34.9 Å². The number of benzene rings is 1. The molecule has 0 aliphatic carbocycles. The highest BCUT2D eigenvalue weighted by molar-refractivity contribution is 5.30. The van der Waals surface area contributed by atoms with Gasteiger partial charge in [-0.3, -0.25) is 0 Å². The predicted octanol–water partition coefficient (Wildman–Crippen LogP) is 3.01. The molecule has 3 unspecified atom stereocenters. The van der Waals surface area contributed by atoms with Crippen molar-refractivity contribution in [2.24, 2.45) is 11.8 Å². The number of aliphatic hydroxyl groups excluding tert-OH is 1. The minimum Gasteiger partial charge on any atom is -0.388 e. The first-order valence-corrected chi connectivity index (χ1v) is 6.42. The molecule has 1 aromatic rings. The van der Waals surface area contributed by atoms with Gasteiger partial charge in [0.2, 0.25) is 0 Å². The average Bonchev–Trinajstić information content (AvgIpc) is 2.27. The van der Waals surface area contributed by atoms with Gasteiger partial charge >= 0.3 is 0 Å². The van der Waals surface area contributed by atoms with E-state index in [9.17, 15) is 5.11 Å². The van der Waals surface area contributed by atoms with Crippen molar-refractivity contribution in [2.75, 3.05) is 13.2 Å². The van der Waals surface area contributed by atoms with Gasteiger partial charge in [-0.15, -0.1) is 0 Å². The smallest absolute Gasteiger partial charge is 0.0822 e. The van der Waals surface area contributed by atoms with E-state index >= 15 is 0 Å². The molecule has 1 saturated heterocycles. The van der Waals surface area contributed by atoms with Gasteiger partial charge in [-0.05, 0) is 37.7 Å². The van der Waals surface area contributed by atoms with E-state index in [1.54, 1.807) is 0 Å². The molecular weight excluding hydrogens is 212 g/mol. The first kappa shape index (κ1) is 12.6. The van der Waals surface area contributed by atoms with Crippen LogP contribution >= 0.6 is 0 Å². The van der Waals surface area contributed by atoms with Gasteiger partial charge in [0.1, 0.15) is 0 Å². The molecule has 0 aromatic heterocycles. The Balaban J connectivity index is 2.20. The lowest BCUT2D eigenvalue weighted by molar-refractivity contribution is -0.0310. The van der Waals surface area contributed by atoms with E-state index in [1.165, 1.54) is 11.1 Å². The van der Waals surface area contributed by atoms with Crippen molar-refractivity contribution < 1.29 is 9.84 Å². The van der Waals surface area contributed by atoms with E-state index in [0.717, 1.165) is 25.2 Å². The molecule has 94 valence electrons. The average molecular weight is 234 g/mol. The molecule has 0 amide bonds. The molecule has 0 bridgehead atoms. The Bertz CT molecular complexity index is 366. The second-order valence-corrected chi connectivity index (χ2v) is 5.37. The van der Waals surface area contributed by atoms with Crippen LogP contribution in [-0.2, 0) is 4.74 Å². The van der Waals surface area contributed by atoms with Crippen molar-refractivity contribution in [3.8, 4) is 0 Å². The monoisotopic (exact) mass is 234 g/mol. The van der Waals surface area contributed by atoms with Gasteiger partial charge in [0, 0.05) is 13.2 Å².